The Morgan fingerprint density at radius 1 is 1.50 bits per heavy atom. The summed E-state index contributed by atoms with van der Waals surface area (Å²) in [6, 6.07) is 4.39. The van der Waals surface area contributed by atoms with Crippen molar-refractivity contribution in [2.45, 2.75) is 39.2 Å². The van der Waals surface area contributed by atoms with Gasteiger partial charge >= 0.3 is 0 Å². The van der Waals surface area contributed by atoms with E-state index in [2.05, 4.69) is 24.1 Å². The zero-order valence-electron chi connectivity index (χ0n) is 10.3. The number of rotatable bonds is 8. The third kappa shape index (κ3) is 5.71. The third-order valence-corrected chi connectivity index (χ3v) is 2.49. The number of nitrogens with zero attached hydrogens (tertiary/aromatic N) is 1. The van der Waals surface area contributed by atoms with E-state index in [4.69, 9.17) is 4.74 Å². The van der Waals surface area contributed by atoms with E-state index in [1.165, 1.54) is 19.3 Å². The fourth-order valence-electron chi connectivity index (χ4n) is 1.52. The molecule has 1 heterocycles. The fourth-order valence-corrected chi connectivity index (χ4v) is 1.52. The molecule has 0 aliphatic carbocycles. The Morgan fingerprint density at radius 3 is 3.06 bits per heavy atom. The maximum atomic E-state index is 5.54. The Morgan fingerprint density at radius 2 is 2.38 bits per heavy atom. The predicted molar refractivity (Wildman–Crippen MR) is 66.7 cm³/mol. The molecule has 0 saturated carbocycles. The lowest BCUT2D eigenvalue weighted by Gasteiger charge is -2.13. The van der Waals surface area contributed by atoms with Crippen molar-refractivity contribution in [1.29, 1.82) is 0 Å². The van der Waals surface area contributed by atoms with Crippen molar-refractivity contribution in [3.63, 3.8) is 0 Å². The summed E-state index contributed by atoms with van der Waals surface area (Å²) in [6.45, 7) is 6.03. The van der Waals surface area contributed by atoms with E-state index in [0.717, 1.165) is 12.3 Å². The summed E-state index contributed by atoms with van der Waals surface area (Å²) in [5.74, 6) is 0.838. The van der Waals surface area contributed by atoms with Gasteiger partial charge in [0.1, 0.15) is 12.4 Å². The molecule has 0 saturated heterocycles. The molecule has 1 atom stereocenters. The van der Waals surface area contributed by atoms with Crippen LogP contribution in [0.4, 0.5) is 0 Å². The lowest BCUT2D eigenvalue weighted by molar-refractivity contribution is 0.303. The molecule has 1 aromatic heterocycles. The van der Waals surface area contributed by atoms with E-state index < -0.39 is 0 Å². The predicted octanol–water partition coefficient (Wildman–Crippen LogP) is 2.63. The molecular weight excluding hydrogens is 200 g/mol. The monoisotopic (exact) mass is 222 g/mol. The first-order chi connectivity index (χ1) is 7.83. The van der Waals surface area contributed by atoms with Gasteiger partial charge in [-0.15, -0.1) is 0 Å². The Hall–Kier alpha value is -1.09. The van der Waals surface area contributed by atoms with Gasteiger partial charge < -0.3 is 10.1 Å². The summed E-state index contributed by atoms with van der Waals surface area (Å²) < 4.78 is 5.54. The van der Waals surface area contributed by atoms with Gasteiger partial charge in [0.15, 0.2) is 0 Å². The normalized spacial score (nSPS) is 12.4. The number of unbranched alkanes of at least 4 members (excludes halogenated alkanes) is 1. The van der Waals surface area contributed by atoms with E-state index in [1.54, 1.807) is 12.4 Å². The highest BCUT2D eigenvalue weighted by Crippen LogP contribution is 2.05. The number of hydrogen-bond acceptors (Lipinski definition) is 3. The Kier molecular flexibility index (Phi) is 6.58. The Balaban J connectivity index is 2.03. The van der Waals surface area contributed by atoms with Crippen molar-refractivity contribution < 1.29 is 4.74 Å². The van der Waals surface area contributed by atoms with Crippen LogP contribution in [0.15, 0.2) is 24.5 Å². The van der Waals surface area contributed by atoms with E-state index in [0.29, 0.717) is 12.6 Å². The molecule has 0 bridgehead atoms. The second-order valence-corrected chi connectivity index (χ2v) is 4.03. The van der Waals surface area contributed by atoms with Crippen LogP contribution in [0.2, 0.25) is 0 Å². The number of nitrogens with one attached hydrogen (secondary N) is 1. The first-order valence-electron chi connectivity index (χ1n) is 6.09. The van der Waals surface area contributed by atoms with E-state index >= 15 is 0 Å². The van der Waals surface area contributed by atoms with E-state index in [-0.39, 0.29) is 0 Å². The Labute approximate surface area is 98.2 Å². The zero-order chi connectivity index (χ0) is 11.6. The molecule has 0 amide bonds. The molecule has 1 N–H and O–H groups in total. The standard InChI is InChI=1S/C13H22N2O/c1-3-4-6-12(2)15-9-10-16-13-7-5-8-14-11-13/h5,7-8,11-12,15H,3-4,6,9-10H2,1-2H3. The lowest BCUT2D eigenvalue weighted by atomic mass is 10.1. The average molecular weight is 222 g/mol. The van der Waals surface area contributed by atoms with Crippen molar-refractivity contribution in [2.75, 3.05) is 13.2 Å². The summed E-state index contributed by atoms with van der Waals surface area (Å²) >= 11 is 0. The molecule has 0 spiro atoms. The molecule has 0 radical (unpaired) electrons. The van der Waals surface area contributed by atoms with Gasteiger partial charge in [-0.3, -0.25) is 4.98 Å². The number of aromatic nitrogens is 1. The van der Waals surface area contributed by atoms with Crippen LogP contribution in [0.25, 0.3) is 0 Å². The van der Waals surface area contributed by atoms with Crippen LogP contribution in [0.5, 0.6) is 5.75 Å². The SMILES string of the molecule is CCCCC(C)NCCOc1cccnc1. The van der Waals surface area contributed by atoms with Gasteiger partial charge in [-0.2, -0.15) is 0 Å². The maximum Gasteiger partial charge on any atom is 0.137 e. The summed E-state index contributed by atoms with van der Waals surface area (Å²) in [6.07, 6.45) is 7.28. The number of pyridine rings is 1. The molecule has 16 heavy (non-hydrogen) atoms. The molecule has 1 unspecified atom stereocenters. The fraction of sp³-hybridized carbons (Fsp3) is 0.615. The highest BCUT2D eigenvalue weighted by Gasteiger charge is 1.99. The van der Waals surface area contributed by atoms with Crippen molar-refractivity contribution in [1.82, 2.24) is 10.3 Å². The minimum atomic E-state index is 0.581. The van der Waals surface area contributed by atoms with Gasteiger partial charge in [0.05, 0.1) is 6.20 Å². The van der Waals surface area contributed by atoms with Crippen LogP contribution in [0, 0.1) is 0 Å². The molecule has 0 aliphatic heterocycles. The molecule has 0 fully saturated rings. The smallest absolute Gasteiger partial charge is 0.137 e. The summed E-state index contributed by atoms with van der Waals surface area (Å²) in [5.41, 5.74) is 0. The van der Waals surface area contributed by atoms with Crippen LogP contribution in [-0.2, 0) is 0 Å². The summed E-state index contributed by atoms with van der Waals surface area (Å²) in [4.78, 5) is 3.99. The van der Waals surface area contributed by atoms with Gasteiger partial charge in [-0.25, -0.2) is 0 Å². The molecule has 0 aromatic carbocycles. The van der Waals surface area contributed by atoms with Crippen LogP contribution >= 0.6 is 0 Å². The summed E-state index contributed by atoms with van der Waals surface area (Å²) in [5, 5.41) is 3.44. The largest absolute Gasteiger partial charge is 0.491 e. The van der Waals surface area contributed by atoms with Crippen molar-refractivity contribution >= 4 is 0 Å². The first-order valence-corrected chi connectivity index (χ1v) is 6.09. The second kappa shape index (κ2) is 8.11. The van der Waals surface area contributed by atoms with Gasteiger partial charge in [-0.05, 0) is 25.5 Å². The van der Waals surface area contributed by atoms with E-state index in [1.807, 2.05) is 12.1 Å². The molecule has 1 rings (SSSR count). The first kappa shape index (κ1) is 13.0. The number of hydrogen-bond donors (Lipinski definition) is 1. The van der Waals surface area contributed by atoms with Crippen LogP contribution in [0.1, 0.15) is 33.1 Å². The average Bonchev–Trinajstić information content (AvgIpc) is 2.33. The Bertz CT molecular complexity index is 264. The highest BCUT2D eigenvalue weighted by molar-refractivity contribution is 5.15. The quantitative estimate of drug-likeness (QED) is 0.687. The topological polar surface area (TPSA) is 34.1 Å². The van der Waals surface area contributed by atoms with Gasteiger partial charge in [0, 0.05) is 18.8 Å². The minimum Gasteiger partial charge on any atom is -0.491 e. The van der Waals surface area contributed by atoms with Crippen molar-refractivity contribution in [3.05, 3.63) is 24.5 Å². The summed E-state index contributed by atoms with van der Waals surface area (Å²) in [7, 11) is 0. The van der Waals surface area contributed by atoms with Crippen molar-refractivity contribution in [3.8, 4) is 5.75 Å². The molecule has 3 nitrogen and oxygen atoms in total. The van der Waals surface area contributed by atoms with Gasteiger partial charge in [0.25, 0.3) is 0 Å². The van der Waals surface area contributed by atoms with E-state index in [9.17, 15) is 0 Å². The highest BCUT2D eigenvalue weighted by atomic mass is 16.5. The molecule has 3 heteroatoms. The molecular formula is C13H22N2O. The second-order valence-electron chi connectivity index (χ2n) is 4.03. The van der Waals surface area contributed by atoms with Crippen LogP contribution in [0.3, 0.4) is 0 Å². The molecule has 90 valence electrons. The van der Waals surface area contributed by atoms with Gasteiger partial charge in [0.2, 0.25) is 0 Å². The maximum absolute atomic E-state index is 5.54. The number of ether oxygens (including phenoxy) is 1. The zero-order valence-corrected chi connectivity index (χ0v) is 10.3. The third-order valence-electron chi connectivity index (χ3n) is 2.49. The van der Waals surface area contributed by atoms with Crippen LogP contribution < -0.4 is 10.1 Å². The molecule has 1 aromatic rings. The van der Waals surface area contributed by atoms with Crippen LogP contribution in [-0.4, -0.2) is 24.2 Å². The van der Waals surface area contributed by atoms with Gasteiger partial charge in [-0.1, -0.05) is 19.8 Å². The van der Waals surface area contributed by atoms with Crippen molar-refractivity contribution in [2.24, 2.45) is 0 Å². The lowest BCUT2D eigenvalue weighted by Crippen LogP contribution is -2.30. The minimum absolute atomic E-state index is 0.581. The molecule has 0 aliphatic rings.